The maximum Gasteiger partial charge on any atom is 0.341 e. The number of aromatic nitrogens is 1. The van der Waals surface area contributed by atoms with Gasteiger partial charge in [0.05, 0.1) is 16.2 Å². The fraction of sp³-hybridized carbons (Fsp3) is 0.190. The number of hydrogen-bond acceptors (Lipinski definition) is 7. The van der Waals surface area contributed by atoms with E-state index in [-0.39, 0.29) is 11.7 Å². The van der Waals surface area contributed by atoms with Crippen LogP contribution in [0, 0.1) is 0 Å². The van der Waals surface area contributed by atoms with Gasteiger partial charge in [-0.1, -0.05) is 65.6 Å². The Morgan fingerprint density at radius 3 is 2.42 bits per heavy atom. The summed E-state index contributed by atoms with van der Waals surface area (Å²) in [7, 11) is -4.98. The molecule has 3 aromatic rings. The molecule has 0 aliphatic carbocycles. The van der Waals surface area contributed by atoms with Gasteiger partial charge in [0, 0.05) is 12.1 Å². The number of nitrogens with zero attached hydrogens (tertiary/aromatic N) is 1. The molecule has 0 saturated heterocycles. The normalized spacial score (nSPS) is 11.4. The number of thioether (sulfide) groups is 1. The Morgan fingerprint density at radius 2 is 1.76 bits per heavy atom. The van der Waals surface area contributed by atoms with Gasteiger partial charge >= 0.3 is 5.76 Å². The average molecular weight is 512 g/mol. The summed E-state index contributed by atoms with van der Waals surface area (Å²) in [5, 5.41) is 5.58. The number of carbonyl (C=O) groups excluding carboxylic acids is 2. The Bertz CT molecular complexity index is 1250. The van der Waals surface area contributed by atoms with Crippen LogP contribution >= 0.6 is 23.1 Å². The van der Waals surface area contributed by atoms with Gasteiger partial charge in [0.25, 0.3) is 5.91 Å². The molecule has 1 heterocycles. The molecule has 0 aliphatic rings. The minimum Gasteiger partial charge on any atom is -0.356 e. The number of benzene rings is 2. The second kappa shape index (κ2) is 10.9. The first kappa shape index (κ1) is 24.8. The summed E-state index contributed by atoms with van der Waals surface area (Å²) in [6.07, 6.45) is 0. The van der Waals surface area contributed by atoms with E-state index in [2.05, 4.69) is 15.6 Å². The fourth-order valence-electron chi connectivity index (χ4n) is 2.78. The van der Waals surface area contributed by atoms with Crippen LogP contribution < -0.4 is 10.6 Å². The van der Waals surface area contributed by atoms with Crippen molar-refractivity contribution in [2.45, 2.75) is 21.9 Å². The van der Waals surface area contributed by atoms with Gasteiger partial charge in [-0.15, -0.1) is 0 Å². The SMILES string of the molecule is CCNC(=O)CSc1nc(-c2ccccc2)c(NC(=O)c2ccccc2S(=O)(=O)C(F)F)s1. The third kappa shape index (κ3) is 5.95. The van der Waals surface area contributed by atoms with Crippen LogP contribution in [-0.4, -0.2) is 43.3 Å². The van der Waals surface area contributed by atoms with E-state index in [9.17, 15) is 26.8 Å². The van der Waals surface area contributed by atoms with E-state index < -0.39 is 32.0 Å². The maximum absolute atomic E-state index is 13.1. The average Bonchev–Trinajstić information content (AvgIpc) is 3.21. The van der Waals surface area contributed by atoms with Crippen LogP contribution in [0.2, 0.25) is 0 Å². The molecule has 0 fully saturated rings. The smallest absolute Gasteiger partial charge is 0.341 e. The van der Waals surface area contributed by atoms with E-state index >= 15 is 0 Å². The summed E-state index contributed by atoms with van der Waals surface area (Å²) in [6, 6.07) is 13.7. The number of hydrogen-bond donors (Lipinski definition) is 2. The molecular weight excluding hydrogens is 492 g/mol. The summed E-state index contributed by atoms with van der Waals surface area (Å²) < 4.78 is 50.7. The molecule has 7 nitrogen and oxygen atoms in total. The van der Waals surface area contributed by atoms with Crippen LogP contribution in [0.1, 0.15) is 17.3 Å². The molecule has 174 valence electrons. The summed E-state index contributed by atoms with van der Waals surface area (Å²) in [5.74, 6) is -4.57. The predicted octanol–water partition coefficient (Wildman–Crippen LogP) is 4.29. The van der Waals surface area contributed by atoms with Crippen molar-refractivity contribution in [3.05, 3.63) is 60.2 Å². The van der Waals surface area contributed by atoms with Gasteiger partial charge in [0.15, 0.2) is 4.34 Å². The van der Waals surface area contributed by atoms with E-state index in [4.69, 9.17) is 0 Å². The van der Waals surface area contributed by atoms with Crippen LogP contribution in [-0.2, 0) is 14.6 Å². The number of halogens is 2. The van der Waals surface area contributed by atoms with Crippen molar-refractivity contribution >= 4 is 49.8 Å². The van der Waals surface area contributed by atoms with Gasteiger partial charge in [-0.25, -0.2) is 13.4 Å². The quantitative estimate of drug-likeness (QED) is 0.416. The lowest BCUT2D eigenvalue weighted by atomic mass is 10.1. The summed E-state index contributed by atoms with van der Waals surface area (Å²) >= 11 is 2.28. The lowest BCUT2D eigenvalue weighted by Gasteiger charge is -2.10. The zero-order chi connectivity index (χ0) is 24.0. The first-order chi connectivity index (χ1) is 15.7. The van der Waals surface area contributed by atoms with E-state index in [0.29, 0.717) is 27.1 Å². The number of rotatable bonds is 9. The Morgan fingerprint density at radius 1 is 1.09 bits per heavy atom. The Kier molecular flexibility index (Phi) is 8.16. The van der Waals surface area contributed by atoms with Crippen molar-refractivity contribution in [2.75, 3.05) is 17.6 Å². The summed E-state index contributed by atoms with van der Waals surface area (Å²) in [5.41, 5.74) is 0.700. The van der Waals surface area contributed by atoms with Gasteiger partial charge in [-0.2, -0.15) is 8.78 Å². The summed E-state index contributed by atoms with van der Waals surface area (Å²) in [4.78, 5) is 28.5. The topological polar surface area (TPSA) is 105 Å². The highest BCUT2D eigenvalue weighted by molar-refractivity contribution is 8.01. The molecular formula is C21H19F2N3O4S3. The van der Waals surface area contributed by atoms with E-state index in [1.807, 2.05) is 6.07 Å². The minimum atomic E-state index is -4.98. The highest BCUT2D eigenvalue weighted by Crippen LogP contribution is 2.38. The zero-order valence-corrected chi connectivity index (χ0v) is 19.7. The summed E-state index contributed by atoms with van der Waals surface area (Å²) in [6.45, 7) is 2.30. The lowest BCUT2D eigenvalue weighted by Crippen LogP contribution is -2.24. The van der Waals surface area contributed by atoms with Crippen molar-refractivity contribution in [1.29, 1.82) is 0 Å². The van der Waals surface area contributed by atoms with Gasteiger partial charge < -0.3 is 10.6 Å². The van der Waals surface area contributed by atoms with Crippen molar-refractivity contribution in [3.63, 3.8) is 0 Å². The number of carbonyl (C=O) groups is 2. The van der Waals surface area contributed by atoms with Gasteiger partial charge in [0.1, 0.15) is 10.7 Å². The first-order valence-corrected chi connectivity index (χ1v) is 13.0. The van der Waals surface area contributed by atoms with Crippen molar-refractivity contribution in [2.24, 2.45) is 0 Å². The molecule has 2 amide bonds. The molecule has 2 aromatic carbocycles. The molecule has 2 N–H and O–H groups in total. The first-order valence-electron chi connectivity index (χ1n) is 9.62. The van der Waals surface area contributed by atoms with Crippen LogP contribution in [0.4, 0.5) is 13.8 Å². The Balaban J connectivity index is 1.95. The zero-order valence-electron chi connectivity index (χ0n) is 17.2. The van der Waals surface area contributed by atoms with Crippen LogP contribution in [0.3, 0.4) is 0 Å². The number of anilines is 1. The lowest BCUT2D eigenvalue weighted by molar-refractivity contribution is -0.118. The number of sulfone groups is 1. The number of alkyl halides is 2. The molecule has 0 aliphatic heterocycles. The fourth-order valence-corrected chi connectivity index (χ4v) is 5.60. The minimum absolute atomic E-state index is 0.123. The van der Waals surface area contributed by atoms with Crippen LogP contribution in [0.15, 0.2) is 63.8 Å². The molecule has 0 unspecified atom stereocenters. The predicted molar refractivity (Wildman–Crippen MR) is 125 cm³/mol. The third-order valence-corrected chi connectivity index (χ3v) is 7.81. The monoisotopic (exact) mass is 511 g/mol. The number of nitrogens with one attached hydrogen (secondary N) is 2. The molecule has 1 aromatic heterocycles. The highest BCUT2D eigenvalue weighted by atomic mass is 32.2. The largest absolute Gasteiger partial charge is 0.356 e. The number of thiazole rings is 1. The van der Waals surface area contributed by atoms with Crippen LogP contribution in [0.25, 0.3) is 11.3 Å². The number of amides is 2. The standard InChI is InChI=1S/C21H19F2N3O4S3/c1-2-24-16(27)12-31-21-25-17(13-8-4-3-5-9-13)19(32-21)26-18(28)14-10-6-7-11-15(14)33(29,30)20(22)23/h3-11,20H,2,12H2,1H3,(H,24,27)(H,26,28). The second-order valence-electron chi connectivity index (χ2n) is 6.52. The molecule has 12 heteroatoms. The molecule has 0 spiro atoms. The third-order valence-electron chi connectivity index (χ3n) is 4.26. The van der Waals surface area contributed by atoms with Crippen molar-refractivity contribution < 1.29 is 26.8 Å². The van der Waals surface area contributed by atoms with E-state index in [1.165, 1.54) is 30.0 Å². The Hall–Kier alpha value is -2.83. The molecule has 0 saturated carbocycles. The molecule has 0 bridgehead atoms. The molecule has 3 rings (SSSR count). The molecule has 33 heavy (non-hydrogen) atoms. The van der Waals surface area contributed by atoms with Crippen LogP contribution in [0.5, 0.6) is 0 Å². The van der Waals surface area contributed by atoms with Crippen molar-refractivity contribution in [3.8, 4) is 11.3 Å². The van der Waals surface area contributed by atoms with Gasteiger partial charge in [-0.3, -0.25) is 9.59 Å². The van der Waals surface area contributed by atoms with Gasteiger partial charge in [-0.05, 0) is 19.1 Å². The molecule has 0 radical (unpaired) electrons. The Labute approximate surface area is 197 Å². The maximum atomic E-state index is 13.1. The molecule has 0 atom stereocenters. The van der Waals surface area contributed by atoms with E-state index in [1.54, 1.807) is 31.2 Å². The highest BCUT2D eigenvalue weighted by Gasteiger charge is 2.31. The van der Waals surface area contributed by atoms with Gasteiger partial charge in [0.2, 0.25) is 15.7 Å². The van der Waals surface area contributed by atoms with Crippen molar-refractivity contribution in [1.82, 2.24) is 10.3 Å². The second-order valence-corrected chi connectivity index (χ2v) is 10.6. The van der Waals surface area contributed by atoms with E-state index in [0.717, 1.165) is 17.4 Å².